The maximum absolute atomic E-state index is 13.3. The summed E-state index contributed by atoms with van der Waals surface area (Å²) in [5.41, 5.74) is -0.219. The summed E-state index contributed by atoms with van der Waals surface area (Å²) < 4.78 is 26.3. The van der Waals surface area contributed by atoms with Crippen molar-refractivity contribution in [1.29, 1.82) is 0 Å². The molecule has 0 saturated carbocycles. The lowest BCUT2D eigenvalue weighted by Crippen LogP contribution is -2.23. The Bertz CT molecular complexity index is 961. The summed E-state index contributed by atoms with van der Waals surface area (Å²) in [6.45, 7) is 0.246. The number of carbonyl (C=O) groups is 2. The Morgan fingerprint density at radius 1 is 1.19 bits per heavy atom. The number of hydrogen-bond donors (Lipinski definition) is 3. The molecule has 3 rings (SSSR count). The molecule has 11 heteroatoms. The maximum Gasteiger partial charge on any atom is 0.272 e. The number of halogens is 3. The van der Waals surface area contributed by atoms with Gasteiger partial charge >= 0.3 is 0 Å². The fraction of sp³-hybridized carbons (Fsp3) is 0.0667. The Labute approximate surface area is 154 Å². The van der Waals surface area contributed by atoms with E-state index in [0.29, 0.717) is 12.1 Å². The fourth-order valence-electron chi connectivity index (χ4n) is 1.98. The molecule has 3 N–H and O–H groups in total. The normalized spacial score (nSPS) is 10.6. The van der Waals surface area contributed by atoms with Crippen LogP contribution in [0, 0.1) is 11.6 Å². The molecule has 0 aliphatic carbocycles. The Balaban J connectivity index is 1.65. The van der Waals surface area contributed by atoms with E-state index in [0.717, 1.165) is 5.01 Å². The molecule has 0 fully saturated rings. The molecule has 2 amide bonds. The predicted molar refractivity (Wildman–Crippen MR) is 91.2 cm³/mol. The first-order chi connectivity index (χ1) is 12.4. The van der Waals surface area contributed by atoms with Gasteiger partial charge in [0.2, 0.25) is 0 Å². The third-order valence-corrected chi connectivity index (χ3v) is 4.29. The summed E-state index contributed by atoms with van der Waals surface area (Å²) in [7, 11) is 0. The van der Waals surface area contributed by atoms with Crippen molar-refractivity contribution in [2.75, 3.05) is 5.32 Å². The van der Waals surface area contributed by atoms with E-state index in [-0.39, 0.29) is 28.6 Å². The Morgan fingerprint density at radius 3 is 2.69 bits per heavy atom. The van der Waals surface area contributed by atoms with Gasteiger partial charge in [0.05, 0.1) is 17.1 Å². The lowest BCUT2D eigenvalue weighted by atomic mass is 10.2. The second kappa shape index (κ2) is 7.58. The van der Waals surface area contributed by atoms with E-state index in [1.54, 1.807) is 11.6 Å². The average Bonchev–Trinajstić information content (AvgIpc) is 3.27. The van der Waals surface area contributed by atoms with Crippen molar-refractivity contribution in [1.82, 2.24) is 20.5 Å². The molecule has 2 aromatic heterocycles. The monoisotopic (exact) mass is 397 g/mol. The van der Waals surface area contributed by atoms with Gasteiger partial charge in [0.1, 0.15) is 10.8 Å². The molecule has 1 aromatic carbocycles. The molecule has 0 radical (unpaired) electrons. The first-order valence-corrected chi connectivity index (χ1v) is 8.37. The van der Waals surface area contributed by atoms with Crippen LogP contribution in [0.2, 0.25) is 5.02 Å². The molecule has 26 heavy (non-hydrogen) atoms. The summed E-state index contributed by atoms with van der Waals surface area (Å²) in [4.78, 5) is 28.2. The van der Waals surface area contributed by atoms with Crippen LogP contribution in [0.4, 0.5) is 14.6 Å². The molecule has 2 heterocycles. The number of nitrogens with one attached hydrogen (secondary N) is 3. The van der Waals surface area contributed by atoms with E-state index in [1.807, 2.05) is 0 Å². The number of amides is 2. The van der Waals surface area contributed by atoms with Crippen molar-refractivity contribution < 1.29 is 18.4 Å². The van der Waals surface area contributed by atoms with E-state index in [9.17, 15) is 18.4 Å². The molecule has 7 nitrogen and oxygen atoms in total. The highest BCUT2D eigenvalue weighted by molar-refractivity contribution is 7.09. The topological polar surface area (TPSA) is 99.8 Å². The number of aromatic nitrogens is 3. The summed E-state index contributed by atoms with van der Waals surface area (Å²) in [6, 6.07) is 2.68. The molecule has 0 bridgehead atoms. The molecule has 0 aliphatic heterocycles. The second-order valence-electron chi connectivity index (χ2n) is 4.98. The quantitative estimate of drug-likeness (QED) is 0.576. The van der Waals surface area contributed by atoms with Crippen LogP contribution in [0.5, 0.6) is 0 Å². The zero-order valence-electron chi connectivity index (χ0n) is 12.8. The van der Waals surface area contributed by atoms with Crippen LogP contribution >= 0.6 is 22.9 Å². The number of carbonyl (C=O) groups excluding carboxylic acids is 2. The number of aromatic amines is 1. The van der Waals surface area contributed by atoms with Gasteiger partial charge in [-0.3, -0.25) is 14.7 Å². The standard InChI is InChI=1S/C15H10ClF2N5O2S/c16-8-4-10(18)9(17)3-7(8)14(24)21-12-5-11(22-23-12)15(25)20-6-13-19-1-2-26-13/h1-5H,6H2,(H,20,25)(H2,21,22,23,24). The van der Waals surface area contributed by atoms with Crippen LogP contribution in [0.3, 0.4) is 0 Å². The van der Waals surface area contributed by atoms with Gasteiger partial charge in [0, 0.05) is 17.6 Å². The minimum Gasteiger partial charge on any atom is -0.344 e. The molecule has 0 saturated heterocycles. The smallest absolute Gasteiger partial charge is 0.272 e. The molecule has 134 valence electrons. The molecule has 3 aromatic rings. The van der Waals surface area contributed by atoms with Crippen LogP contribution in [-0.4, -0.2) is 27.0 Å². The van der Waals surface area contributed by atoms with Crippen molar-refractivity contribution in [3.63, 3.8) is 0 Å². The number of thiazole rings is 1. The minimum atomic E-state index is -1.20. The largest absolute Gasteiger partial charge is 0.344 e. The molecule has 0 atom stereocenters. The van der Waals surface area contributed by atoms with E-state index >= 15 is 0 Å². The van der Waals surface area contributed by atoms with Gasteiger partial charge in [-0.05, 0) is 12.1 Å². The van der Waals surface area contributed by atoms with Crippen LogP contribution in [0.15, 0.2) is 29.8 Å². The minimum absolute atomic E-state index is 0.0354. The Hall–Kier alpha value is -2.85. The number of anilines is 1. The second-order valence-corrected chi connectivity index (χ2v) is 6.36. The van der Waals surface area contributed by atoms with Gasteiger partial charge in [-0.1, -0.05) is 11.6 Å². The highest BCUT2D eigenvalue weighted by Crippen LogP contribution is 2.21. The van der Waals surface area contributed by atoms with Crippen LogP contribution in [0.1, 0.15) is 25.9 Å². The molecule has 0 spiro atoms. The van der Waals surface area contributed by atoms with E-state index in [1.165, 1.54) is 17.4 Å². The van der Waals surface area contributed by atoms with Gasteiger partial charge in [-0.2, -0.15) is 5.10 Å². The van der Waals surface area contributed by atoms with Crippen LogP contribution in [0.25, 0.3) is 0 Å². The number of nitrogens with zero attached hydrogens (tertiary/aromatic N) is 2. The SMILES string of the molecule is O=C(NCc1nccs1)c1cc(NC(=O)c2cc(F)c(F)cc2Cl)[nH]n1. The van der Waals surface area contributed by atoms with Crippen molar-refractivity contribution in [3.05, 3.63) is 62.7 Å². The number of H-pyrrole nitrogens is 1. The average molecular weight is 398 g/mol. The number of benzene rings is 1. The first-order valence-electron chi connectivity index (χ1n) is 7.12. The predicted octanol–water partition coefficient (Wildman–Crippen LogP) is 2.98. The van der Waals surface area contributed by atoms with Gasteiger partial charge in [0.25, 0.3) is 11.8 Å². The van der Waals surface area contributed by atoms with Crippen molar-refractivity contribution in [2.45, 2.75) is 6.54 Å². The highest BCUT2D eigenvalue weighted by Gasteiger charge is 2.17. The van der Waals surface area contributed by atoms with E-state index in [4.69, 9.17) is 11.6 Å². The molecule has 0 unspecified atom stereocenters. The summed E-state index contributed by atoms with van der Waals surface area (Å²) in [6.07, 6.45) is 1.62. The van der Waals surface area contributed by atoms with Crippen molar-refractivity contribution in [2.24, 2.45) is 0 Å². The third kappa shape index (κ3) is 4.03. The summed E-state index contributed by atoms with van der Waals surface area (Å²) in [5.74, 6) is -3.52. The van der Waals surface area contributed by atoms with Crippen molar-refractivity contribution in [3.8, 4) is 0 Å². The highest BCUT2D eigenvalue weighted by atomic mass is 35.5. The van der Waals surface area contributed by atoms with Crippen molar-refractivity contribution >= 4 is 40.6 Å². The number of rotatable bonds is 5. The number of hydrogen-bond acceptors (Lipinski definition) is 5. The van der Waals surface area contributed by atoms with Gasteiger partial charge in [-0.15, -0.1) is 11.3 Å². The maximum atomic E-state index is 13.3. The molecular formula is C15H10ClF2N5O2S. The Kier molecular flexibility index (Phi) is 5.24. The van der Waals surface area contributed by atoms with Gasteiger partial charge in [0.15, 0.2) is 17.3 Å². The van der Waals surface area contributed by atoms with Gasteiger partial charge in [-0.25, -0.2) is 13.8 Å². The lowest BCUT2D eigenvalue weighted by molar-refractivity contribution is 0.0945. The first kappa shape index (κ1) is 18.0. The Morgan fingerprint density at radius 2 is 1.96 bits per heavy atom. The zero-order valence-corrected chi connectivity index (χ0v) is 14.4. The van der Waals surface area contributed by atoms with E-state index in [2.05, 4.69) is 25.8 Å². The molecule has 0 aliphatic rings. The zero-order chi connectivity index (χ0) is 18.7. The van der Waals surface area contributed by atoms with Crippen LogP contribution in [-0.2, 0) is 6.54 Å². The summed E-state index contributed by atoms with van der Waals surface area (Å²) >= 11 is 7.14. The van der Waals surface area contributed by atoms with E-state index < -0.39 is 23.4 Å². The molecular weight excluding hydrogens is 388 g/mol. The fourth-order valence-corrected chi connectivity index (χ4v) is 2.77. The third-order valence-electron chi connectivity index (χ3n) is 3.20. The lowest BCUT2D eigenvalue weighted by Gasteiger charge is -2.05. The van der Waals surface area contributed by atoms with Crippen LogP contribution < -0.4 is 10.6 Å². The summed E-state index contributed by atoms with van der Waals surface area (Å²) in [5, 5.41) is 13.5. The van der Waals surface area contributed by atoms with Gasteiger partial charge < -0.3 is 10.6 Å².